The maximum absolute atomic E-state index is 11.4. The highest BCUT2D eigenvalue weighted by Crippen LogP contribution is 2.37. The minimum atomic E-state index is 0.00396. The predicted molar refractivity (Wildman–Crippen MR) is 74.1 cm³/mol. The molecule has 0 atom stereocenters. The summed E-state index contributed by atoms with van der Waals surface area (Å²) in [6.07, 6.45) is 4.60. The average Bonchev–Trinajstić information content (AvgIpc) is 2.96. The fourth-order valence-corrected chi connectivity index (χ4v) is 2.65. The van der Waals surface area contributed by atoms with Crippen LogP contribution in [-0.2, 0) is 11.2 Å². The van der Waals surface area contributed by atoms with Gasteiger partial charge < -0.3 is 4.42 Å². The molecule has 0 saturated carbocycles. The second-order valence-electron chi connectivity index (χ2n) is 4.87. The number of carbonyl (C=O) groups is 1. The monoisotopic (exact) mass is 249 g/mol. The molecule has 0 amide bonds. The molecule has 0 radical (unpaired) electrons. The molecule has 2 heterocycles. The number of carbonyl (C=O) groups excluding carboxylic acids is 1. The molecule has 0 spiro atoms. The van der Waals surface area contributed by atoms with Gasteiger partial charge in [0.05, 0.1) is 5.70 Å². The average molecular weight is 249 g/mol. The van der Waals surface area contributed by atoms with Crippen molar-refractivity contribution in [3.63, 3.8) is 0 Å². The maximum atomic E-state index is 11.4. The molecule has 4 rings (SSSR count). The molecule has 2 aromatic rings. The van der Waals surface area contributed by atoms with Crippen LogP contribution < -0.4 is 0 Å². The van der Waals surface area contributed by atoms with Crippen molar-refractivity contribution in [2.24, 2.45) is 4.99 Å². The Balaban J connectivity index is 1.91. The Morgan fingerprint density at radius 2 is 2.11 bits per heavy atom. The van der Waals surface area contributed by atoms with Crippen molar-refractivity contribution in [1.82, 2.24) is 0 Å². The van der Waals surface area contributed by atoms with Crippen LogP contribution in [0, 0.1) is 0 Å². The first-order valence-corrected chi connectivity index (χ1v) is 6.25. The van der Waals surface area contributed by atoms with Gasteiger partial charge in [0, 0.05) is 30.4 Å². The zero-order chi connectivity index (χ0) is 13.0. The quantitative estimate of drug-likeness (QED) is 0.778. The van der Waals surface area contributed by atoms with E-state index in [1.807, 2.05) is 30.4 Å². The number of allylic oxidation sites excluding steroid dienone is 2. The molecule has 0 fully saturated rings. The molecule has 0 unspecified atom stereocenters. The Labute approximate surface area is 109 Å². The van der Waals surface area contributed by atoms with Gasteiger partial charge in [-0.1, -0.05) is 18.2 Å². The van der Waals surface area contributed by atoms with Gasteiger partial charge in [-0.25, -0.2) is 4.99 Å². The first-order chi connectivity index (χ1) is 9.22. The van der Waals surface area contributed by atoms with Crippen LogP contribution in [0.15, 0.2) is 51.0 Å². The summed E-state index contributed by atoms with van der Waals surface area (Å²) in [6.45, 7) is 1.54. The number of hydrogen-bond acceptors (Lipinski definition) is 3. The van der Waals surface area contributed by atoms with Gasteiger partial charge >= 0.3 is 0 Å². The largest absolute Gasteiger partial charge is 0.456 e. The molecule has 3 nitrogen and oxygen atoms in total. The molecular formula is C16H11NO2. The number of nitrogens with zero attached hydrogens (tertiary/aromatic N) is 1. The topological polar surface area (TPSA) is 42.6 Å². The zero-order valence-corrected chi connectivity index (χ0v) is 10.4. The highest BCUT2D eigenvalue weighted by atomic mass is 16.3. The number of Topliss-reactive ketones (excluding diaryl/α,β-unsaturated/α-hetero) is 1. The summed E-state index contributed by atoms with van der Waals surface area (Å²) in [5.41, 5.74) is 4.59. The van der Waals surface area contributed by atoms with Gasteiger partial charge in [-0.15, -0.1) is 0 Å². The van der Waals surface area contributed by atoms with Crippen molar-refractivity contribution in [2.75, 3.05) is 0 Å². The smallest absolute Gasteiger partial charge is 0.178 e. The predicted octanol–water partition coefficient (Wildman–Crippen LogP) is 3.30. The highest BCUT2D eigenvalue weighted by molar-refractivity contribution is 6.44. The van der Waals surface area contributed by atoms with E-state index in [1.54, 1.807) is 6.92 Å². The van der Waals surface area contributed by atoms with Gasteiger partial charge in [-0.05, 0) is 17.7 Å². The number of furan rings is 1. The summed E-state index contributed by atoms with van der Waals surface area (Å²) >= 11 is 0. The Morgan fingerprint density at radius 3 is 2.95 bits per heavy atom. The van der Waals surface area contributed by atoms with Crippen LogP contribution in [-0.4, -0.2) is 11.5 Å². The van der Waals surface area contributed by atoms with Crippen LogP contribution >= 0.6 is 0 Å². The van der Waals surface area contributed by atoms with Crippen LogP contribution in [0.4, 0.5) is 0 Å². The molecule has 92 valence electrons. The van der Waals surface area contributed by atoms with E-state index in [-0.39, 0.29) is 5.78 Å². The Hall–Kier alpha value is -2.42. The zero-order valence-electron chi connectivity index (χ0n) is 10.4. The minimum absolute atomic E-state index is 0.00396. The van der Waals surface area contributed by atoms with Crippen molar-refractivity contribution in [3.05, 3.63) is 52.9 Å². The lowest BCUT2D eigenvalue weighted by Gasteiger charge is -2.09. The fourth-order valence-electron chi connectivity index (χ4n) is 2.65. The fraction of sp³-hybridized carbons (Fsp3) is 0.125. The summed E-state index contributed by atoms with van der Waals surface area (Å²) in [4.78, 5) is 15.7. The number of fused-ring (bicyclic) bond motifs is 4. The Kier molecular flexibility index (Phi) is 1.96. The molecular weight excluding hydrogens is 238 g/mol. The Bertz CT molecular complexity index is 818. The number of hydrogen-bond donors (Lipinski definition) is 0. The first kappa shape index (κ1) is 10.5. The molecule has 1 aromatic heterocycles. The van der Waals surface area contributed by atoms with Crippen molar-refractivity contribution in [3.8, 4) is 0 Å². The van der Waals surface area contributed by atoms with Gasteiger partial charge in [0.1, 0.15) is 17.1 Å². The second kappa shape index (κ2) is 3.54. The van der Waals surface area contributed by atoms with Gasteiger partial charge in [0.25, 0.3) is 0 Å². The lowest BCUT2D eigenvalue weighted by molar-refractivity contribution is -0.111. The summed E-state index contributed by atoms with van der Waals surface area (Å²) in [7, 11) is 0. The van der Waals surface area contributed by atoms with E-state index in [4.69, 9.17) is 4.42 Å². The van der Waals surface area contributed by atoms with E-state index in [9.17, 15) is 4.79 Å². The number of aliphatic imine (C=N–C) groups is 1. The van der Waals surface area contributed by atoms with Crippen molar-refractivity contribution in [2.45, 2.75) is 13.3 Å². The summed E-state index contributed by atoms with van der Waals surface area (Å²) in [5, 5.41) is 1.14. The molecule has 0 N–H and O–H groups in total. The number of para-hydroxylation sites is 1. The summed E-state index contributed by atoms with van der Waals surface area (Å²) in [6, 6.07) is 8.02. The third-order valence-corrected chi connectivity index (χ3v) is 3.61. The van der Waals surface area contributed by atoms with Crippen LogP contribution in [0.1, 0.15) is 18.2 Å². The van der Waals surface area contributed by atoms with Crippen LogP contribution in [0.3, 0.4) is 0 Å². The molecule has 3 heteroatoms. The van der Waals surface area contributed by atoms with Crippen LogP contribution in [0.25, 0.3) is 17.0 Å². The van der Waals surface area contributed by atoms with Crippen molar-refractivity contribution in [1.29, 1.82) is 0 Å². The van der Waals surface area contributed by atoms with Gasteiger partial charge in [0.2, 0.25) is 0 Å². The first-order valence-electron chi connectivity index (χ1n) is 6.25. The van der Waals surface area contributed by atoms with E-state index < -0.39 is 0 Å². The normalized spacial score (nSPS) is 16.6. The third kappa shape index (κ3) is 1.45. The lowest BCUT2D eigenvalue weighted by Crippen LogP contribution is -2.03. The molecule has 1 aromatic carbocycles. The van der Waals surface area contributed by atoms with Crippen LogP contribution in [0.5, 0.6) is 0 Å². The SMILES string of the molecule is CC(=O)C1=NC2=Cc3oc4ccccc4c3CC2=C1. The van der Waals surface area contributed by atoms with E-state index >= 15 is 0 Å². The van der Waals surface area contributed by atoms with Crippen molar-refractivity contribution >= 4 is 28.5 Å². The molecule has 2 aliphatic rings. The number of rotatable bonds is 1. The lowest BCUT2D eigenvalue weighted by atomic mass is 9.95. The Morgan fingerprint density at radius 1 is 1.26 bits per heavy atom. The van der Waals surface area contributed by atoms with Crippen LogP contribution in [0.2, 0.25) is 0 Å². The van der Waals surface area contributed by atoms with Gasteiger partial charge in [-0.3, -0.25) is 4.79 Å². The van der Waals surface area contributed by atoms with Crippen molar-refractivity contribution < 1.29 is 9.21 Å². The number of ketones is 1. The summed E-state index contributed by atoms with van der Waals surface area (Å²) in [5.74, 6) is 0.867. The highest BCUT2D eigenvalue weighted by Gasteiger charge is 2.25. The molecule has 0 bridgehead atoms. The third-order valence-electron chi connectivity index (χ3n) is 3.61. The second-order valence-corrected chi connectivity index (χ2v) is 4.87. The molecule has 0 saturated heterocycles. The van der Waals surface area contributed by atoms with E-state index in [2.05, 4.69) is 11.1 Å². The molecule has 1 aliphatic carbocycles. The summed E-state index contributed by atoms with van der Waals surface area (Å²) < 4.78 is 5.84. The minimum Gasteiger partial charge on any atom is -0.456 e. The number of benzene rings is 1. The van der Waals surface area contributed by atoms with E-state index in [0.29, 0.717) is 5.71 Å². The van der Waals surface area contributed by atoms with Gasteiger partial charge in [0.15, 0.2) is 5.78 Å². The molecule has 19 heavy (non-hydrogen) atoms. The standard InChI is InChI=1S/C16H11NO2/c1-9(18)13-7-10-6-12-11-4-2-3-5-15(11)19-16(12)8-14(10)17-13/h2-5,7-8H,6H2,1H3. The van der Waals surface area contributed by atoms with E-state index in [1.165, 1.54) is 5.56 Å². The van der Waals surface area contributed by atoms with E-state index in [0.717, 1.165) is 34.4 Å². The maximum Gasteiger partial charge on any atom is 0.178 e. The molecule has 1 aliphatic heterocycles. The van der Waals surface area contributed by atoms with Gasteiger partial charge in [-0.2, -0.15) is 0 Å².